The minimum Gasteiger partial charge on any atom is -0.497 e. The van der Waals surface area contributed by atoms with Crippen molar-refractivity contribution in [2.75, 3.05) is 33.9 Å². The number of urea groups is 1. The second-order valence-electron chi connectivity index (χ2n) is 10.9. The van der Waals surface area contributed by atoms with Crippen molar-refractivity contribution in [2.24, 2.45) is 7.05 Å². The number of carbonyl (C=O) groups is 1. The van der Waals surface area contributed by atoms with E-state index in [-0.39, 0.29) is 17.5 Å². The number of hydrogen-bond acceptors (Lipinski definition) is 4. The van der Waals surface area contributed by atoms with Crippen molar-refractivity contribution in [1.29, 1.82) is 0 Å². The van der Waals surface area contributed by atoms with Gasteiger partial charge in [0.2, 0.25) is 0 Å². The van der Waals surface area contributed by atoms with Crippen LogP contribution in [-0.2, 0) is 20.1 Å². The van der Waals surface area contributed by atoms with Crippen LogP contribution in [0.1, 0.15) is 49.3 Å². The lowest BCUT2D eigenvalue weighted by Gasteiger charge is -2.44. The molecule has 3 aliphatic heterocycles. The molecule has 1 unspecified atom stereocenters. The first-order valence-electron chi connectivity index (χ1n) is 13.7. The Morgan fingerprint density at radius 3 is 2.55 bits per heavy atom. The van der Waals surface area contributed by atoms with Crippen molar-refractivity contribution < 1.29 is 14.3 Å². The molecule has 2 fully saturated rings. The van der Waals surface area contributed by atoms with Gasteiger partial charge in [0, 0.05) is 73.6 Å². The smallest absolute Gasteiger partial charge is 0.325 e. The summed E-state index contributed by atoms with van der Waals surface area (Å²) in [5.41, 5.74) is 5.78. The van der Waals surface area contributed by atoms with Crippen LogP contribution in [-0.4, -0.2) is 64.7 Å². The first kappa shape index (κ1) is 24.9. The number of ether oxygens (including phenoxy) is 2. The van der Waals surface area contributed by atoms with E-state index in [0.717, 1.165) is 55.1 Å². The minimum atomic E-state index is -0.269. The molecular formula is C31H38N4O3. The van der Waals surface area contributed by atoms with Crippen LogP contribution in [0.3, 0.4) is 0 Å². The zero-order valence-electron chi connectivity index (χ0n) is 23.2. The fourth-order valence-electron chi connectivity index (χ4n) is 7.14. The second-order valence-corrected chi connectivity index (χ2v) is 10.9. The van der Waals surface area contributed by atoms with Crippen molar-refractivity contribution in [3.8, 4) is 11.5 Å². The fourth-order valence-corrected chi connectivity index (χ4v) is 7.14. The Kier molecular flexibility index (Phi) is 6.14. The van der Waals surface area contributed by atoms with Gasteiger partial charge in [-0.2, -0.15) is 0 Å². The molecule has 2 saturated heterocycles. The molecule has 1 aromatic heterocycles. The number of likely N-dealkylation sites (tertiary alicyclic amines) is 1. The van der Waals surface area contributed by atoms with E-state index in [1.54, 1.807) is 14.2 Å². The number of likely N-dealkylation sites (N-methyl/N-ethyl adjacent to an activating group) is 1. The lowest BCUT2D eigenvalue weighted by Crippen LogP contribution is -2.53. The number of para-hydroxylation sites is 1. The predicted molar refractivity (Wildman–Crippen MR) is 150 cm³/mol. The van der Waals surface area contributed by atoms with E-state index in [0.29, 0.717) is 13.1 Å². The summed E-state index contributed by atoms with van der Waals surface area (Å²) >= 11 is 0. The molecule has 2 amide bonds. The number of methoxy groups -OCH3 is 2. The van der Waals surface area contributed by atoms with Crippen molar-refractivity contribution >= 4 is 16.9 Å². The summed E-state index contributed by atoms with van der Waals surface area (Å²) in [7, 11) is 5.50. The number of benzene rings is 2. The maximum Gasteiger partial charge on any atom is 0.325 e. The number of nitrogens with zero attached hydrogens (tertiary/aromatic N) is 4. The fraction of sp³-hybridized carbons (Fsp3) is 0.452. The summed E-state index contributed by atoms with van der Waals surface area (Å²) in [6.45, 7) is 8.41. The van der Waals surface area contributed by atoms with Crippen LogP contribution in [0.2, 0.25) is 0 Å². The van der Waals surface area contributed by atoms with Gasteiger partial charge in [0.25, 0.3) is 0 Å². The van der Waals surface area contributed by atoms with E-state index in [1.807, 2.05) is 11.0 Å². The highest BCUT2D eigenvalue weighted by molar-refractivity contribution is 5.84. The van der Waals surface area contributed by atoms with Crippen LogP contribution < -0.4 is 9.47 Å². The average molecular weight is 515 g/mol. The Hall–Kier alpha value is -3.45. The van der Waals surface area contributed by atoms with Gasteiger partial charge in [-0.25, -0.2) is 4.79 Å². The lowest BCUT2D eigenvalue weighted by molar-refractivity contribution is 0.0890. The SMILES string of the molecule is CCN1C(=O)N2Cc3cc(OC)cc(OC)c3C(C)C=C2C12CCN(Cc1cn(C)c3ccccc13)CC2. The quantitative estimate of drug-likeness (QED) is 0.452. The lowest BCUT2D eigenvalue weighted by atomic mass is 9.82. The van der Waals surface area contributed by atoms with Crippen molar-refractivity contribution in [1.82, 2.24) is 19.3 Å². The van der Waals surface area contributed by atoms with Crippen LogP contribution in [0.25, 0.3) is 10.9 Å². The van der Waals surface area contributed by atoms with Crippen molar-refractivity contribution in [3.05, 3.63) is 71.1 Å². The molecule has 200 valence electrons. The molecular weight excluding hydrogens is 476 g/mol. The Morgan fingerprint density at radius 2 is 1.84 bits per heavy atom. The van der Waals surface area contributed by atoms with E-state index >= 15 is 0 Å². The standard InChI is InChI=1S/C31H38N4O3/c1-6-35-30(36)34-20-22-16-24(37-4)17-27(38-5)29(22)21(2)15-28(34)31(35)11-13-33(14-12-31)19-23-18-32(3)26-10-8-7-9-25(23)26/h7-10,15-18,21H,6,11-14,19-20H2,1-5H3. The third-order valence-corrected chi connectivity index (χ3v) is 8.97. The average Bonchev–Trinajstić information content (AvgIpc) is 3.28. The molecule has 7 heteroatoms. The van der Waals surface area contributed by atoms with Gasteiger partial charge in [-0.1, -0.05) is 31.2 Å². The Bertz CT molecular complexity index is 1420. The third kappa shape index (κ3) is 3.70. The van der Waals surface area contributed by atoms with E-state index in [1.165, 1.54) is 22.2 Å². The molecule has 1 atom stereocenters. The first-order valence-corrected chi connectivity index (χ1v) is 13.7. The molecule has 7 nitrogen and oxygen atoms in total. The van der Waals surface area contributed by atoms with Crippen molar-refractivity contribution in [2.45, 2.75) is 51.2 Å². The zero-order valence-corrected chi connectivity index (χ0v) is 23.2. The normalized spacial score (nSPS) is 20.9. The van der Waals surface area contributed by atoms with Crippen LogP contribution >= 0.6 is 0 Å². The number of piperidine rings is 1. The molecule has 38 heavy (non-hydrogen) atoms. The van der Waals surface area contributed by atoms with Gasteiger partial charge in [-0.3, -0.25) is 9.80 Å². The minimum absolute atomic E-state index is 0.114. The van der Waals surface area contributed by atoms with Crippen LogP contribution in [0.4, 0.5) is 4.79 Å². The molecule has 6 rings (SSSR count). The van der Waals surface area contributed by atoms with Crippen molar-refractivity contribution in [3.63, 3.8) is 0 Å². The third-order valence-electron chi connectivity index (χ3n) is 8.97. The Labute approximate surface area is 225 Å². The largest absolute Gasteiger partial charge is 0.497 e. The monoisotopic (exact) mass is 514 g/mol. The maximum absolute atomic E-state index is 13.9. The van der Waals surface area contributed by atoms with Crippen LogP contribution in [0.15, 0.2) is 54.4 Å². The van der Waals surface area contributed by atoms with E-state index in [2.05, 4.69) is 77.9 Å². The number of carbonyl (C=O) groups excluding carboxylic acids is 1. The number of allylic oxidation sites excluding steroid dienone is 1. The highest BCUT2D eigenvalue weighted by atomic mass is 16.5. The van der Waals surface area contributed by atoms with Gasteiger partial charge in [-0.15, -0.1) is 0 Å². The van der Waals surface area contributed by atoms with E-state index < -0.39 is 0 Å². The molecule has 4 heterocycles. The number of hydrogen-bond donors (Lipinski definition) is 0. The predicted octanol–water partition coefficient (Wildman–Crippen LogP) is 5.49. The molecule has 0 radical (unpaired) electrons. The number of rotatable bonds is 5. The topological polar surface area (TPSA) is 50.2 Å². The van der Waals surface area contributed by atoms with Gasteiger partial charge in [-0.05, 0) is 43.0 Å². The molecule has 3 aliphatic rings. The van der Waals surface area contributed by atoms with Gasteiger partial charge in [0.15, 0.2) is 0 Å². The summed E-state index contributed by atoms with van der Waals surface area (Å²) in [6, 6.07) is 12.8. The molecule has 2 aromatic carbocycles. The molecule has 0 N–H and O–H groups in total. The number of aryl methyl sites for hydroxylation is 1. The number of aromatic nitrogens is 1. The highest BCUT2D eigenvalue weighted by Crippen LogP contribution is 2.49. The molecule has 0 saturated carbocycles. The van der Waals surface area contributed by atoms with Gasteiger partial charge in [0.1, 0.15) is 11.5 Å². The Morgan fingerprint density at radius 1 is 1.08 bits per heavy atom. The van der Waals surface area contributed by atoms with E-state index in [4.69, 9.17) is 9.47 Å². The first-order chi connectivity index (χ1) is 18.4. The summed E-state index contributed by atoms with van der Waals surface area (Å²) in [5, 5.41) is 1.33. The van der Waals surface area contributed by atoms with Crippen LogP contribution in [0, 0.1) is 0 Å². The number of fused-ring (bicyclic) bond motifs is 4. The molecule has 1 spiro atoms. The zero-order chi connectivity index (χ0) is 26.6. The van der Waals surface area contributed by atoms with E-state index in [9.17, 15) is 4.79 Å². The second kappa shape index (κ2) is 9.38. The van der Waals surface area contributed by atoms with Gasteiger partial charge >= 0.3 is 6.03 Å². The van der Waals surface area contributed by atoms with Crippen LogP contribution in [0.5, 0.6) is 11.5 Å². The molecule has 0 bridgehead atoms. The molecule has 0 aliphatic carbocycles. The summed E-state index contributed by atoms with van der Waals surface area (Å²) in [6.07, 6.45) is 6.46. The highest BCUT2D eigenvalue weighted by Gasteiger charge is 2.54. The molecule has 3 aromatic rings. The summed E-state index contributed by atoms with van der Waals surface area (Å²) in [5.74, 6) is 1.70. The Balaban J connectivity index is 1.31. The van der Waals surface area contributed by atoms with Gasteiger partial charge in [0.05, 0.1) is 26.3 Å². The van der Waals surface area contributed by atoms with Gasteiger partial charge < -0.3 is 18.9 Å². The summed E-state index contributed by atoms with van der Waals surface area (Å²) < 4.78 is 13.6. The summed E-state index contributed by atoms with van der Waals surface area (Å²) in [4.78, 5) is 20.6. The number of amides is 2. The maximum atomic E-state index is 13.9.